The molecule has 1 heterocycles. The van der Waals surface area contributed by atoms with Gasteiger partial charge < -0.3 is 9.52 Å². The summed E-state index contributed by atoms with van der Waals surface area (Å²) < 4.78 is 5.34. The maximum atomic E-state index is 10.4. The first-order valence-corrected chi connectivity index (χ1v) is 6.24. The largest absolute Gasteiger partial charge is 0.467 e. The number of aliphatic hydroxyl groups is 1. The molecule has 16 heavy (non-hydrogen) atoms. The average molecular weight is 222 g/mol. The van der Waals surface area contributed by atoms with Crippen molar-refractivity contribution >= 4 is 0 Å². The Morgan fingerprint density at radius 3 is 2.81 bits per heavy atom. The summed E-state index contributed by atoms with van der Waals surface area (Å²) >= 11 is 0. The molecule has 1 saturated carbocycles. The predicted molar refractivity (Wildman–Crippen MR) is 64.0 cm³/mol. The van der Waals surface area contributed by atoms with E-state index in [-0.39, 0.29) is 5.41 Å². The van der Waals surface area contributed by atoms with Gasteiger partial charge in [0.1, 0.15) is 11.9 Å². The van der Waals surface area contributed by atoms with Crippen molar-refractivity contribution in [3.8, 4) is 0 Å². The molecule has 0 unspecified atom stereocenters. The monoisotopic (exact) mass is 222 g/mol. The average Bonchev–Trinajstić information content (AvgIpc) is 2.68. The van der Waals surface area contributed by atoms with Crippen molar-refractivity contribution in [3.05, 3.63) is 24.2 Å². The summed E-state index contributed by atoms with van der Waals surface area (Å²) in [6.07, 6.45) is 4.86. The highest BCUT2D eigenvalue weighted by molar-refractivity contribution is 5.06. The lowest BCUT2D eigenvalue weighted by Gasteiger charge is -2.44. The zero-order chi connectivity index (χ0) is 11.8. The van der Waals surface area contributed by atoms with Crippen LogP contribution in [-0.4, -0.2) is 5.11 Å². The normalized spacial score (nSPS) is 31.2. The maximum absolute atomic E-state index is 10.4. The standard InChI is InChI=1S/C14H22O2/c1-10-6-4-8-14(2,3)12(10)13(15)11-7-5-9-16-11/h5,7,9-10,12-13,15H,4,6,8H2,1-3H3/t10-,12-,13+/m0/s1. The Bertz CT molecular complexity index is 327. The van der Waals surface area contributed by atoms with Crippen LogP contribution in [0.25, 0.3) is 0 Å². The molecule has 0 aromatic carbocycles. The Balaban J connectivity index is 2.23. The van der Waals surface area contributed by atoms with Gasteiger partial charge in [0.15, 0.2) is 0 Å². The van der Waals surface area contributed by atoms with Gasteiger partial charge in [0, 0.05) is 0 Å². The molecule has 0 aliphatic heterocycles. The first-order valence-electron chi connectivity index (χ1n) is 6.24. The van der Waals surface area contributed by atoms with Gasteiger partial charge in [-0.05, 0) is 35.8 Å². The molecule has 2 heteroatoms. The molecule has 0 radical (unpaired) electrons. The number of rotatable bonds is 2. The third-order valence-electron chi connectivity index (χ3n) is 4.17. The molecule has 1 aromatic heterocycles. The fourth-order valence-corrected chi connectivity index (χ4v) is 3.37. The van der Waals surface area contributed by atoms with Crippen molar-refractivity contribution in [2.45, 2.75) is 46.1 Å². The summed E-state index contributed by atoms with van der Waals surface area (Å²) in [5, 5.41) is 10.4. The van der Waals surface area contributed by atoms with Crippen molar-refractivity contribution in [1.82, 2.24) is 0 Å². The Morgan fingerprint density at radius 1 is 1.50 bits per heavy atom. The maximum Gasteiger partial charge on any atom is 0.132 e. The highest BCUT2D eigenvalue weighted by Crippen LogP contribution is 2.49. The minimum absolute atomic E-state index is 0.198. The summed E-state index contributed by atoms with van der Waals surface area (Å²) in [6.45, 7) is 6.77. The van der Waals surface area contributed by atoms with E-state index >= 15 is 0 Å². The van der Waals surface area contributed by atoms with Gasteiger partial charge in [-0.25, -0.2) is 0 Å². The number of hydrogen-bond acceptors (Lipinski definition) is 2. The quantitative estimate of drug-likeness (QED) is 0.826. The van der Waals surface area contributed by atoms with E-state index in [4.69, 9.17) is 4.42 Å². The van der Waals surface area contributed by atoms with Crippen LogP contribution in [0.4, 0.5) is 0 Å². The predicted octanol–water partition coefficient (Wildman–Crippen LogP) is 3.78. The highest BCUT2D eigenvalue weighted by Gasteiger charge is 2.42. The number of furan rings is 1. The molecule has 0 bridgehead atoms. The molecule has 1 aliphatic carbocycles. The van der Waals surface area contributed by atoms with Crippen LogP contribution < -0.4 is 0 Å². The first kappa shape index (κ1) is 11.7. The van der Waals surface area contributed by atoms with Crippen molar-refractivity contribution in [1.29, 1.82) is 0 Å². The number of hydrogen-bond donors (Lipinski definition) is 1. The summed E-state index contributed by atoms with van der Waals surface area (Å²) in [4.78, 5) is 0. The van der Waals surface area contributed by atoms with Crippen LogP contribution in [-0.2, 0) is 0 Å². The lowest BCUT2D eigenvalue weighted by atomic mass is 9.62. The Morgan fingerprint density at radius 2 is 2.25 bits per heavy atom. The molecule has 0 amide bonds. The van der Waals surface area contributed by atoms with Crippen LogP contribution in [0.2, 0.25) is 0 Å². The van der Waals surface area contributed by atoms with Gasteiger partial charge in [-0.2, -0.15) is 0 Å². The lowest BCUT2D eigenvalue weighted by molar-refractivity contribution is -0.0390. The molecule has 90 valence electrons. The van der Waals surface area contributed by atoms with E-state index in [0.717, 1.165) is 0 Å². The van der Waals surface area contributed by atoms with E-state index in [2.05, 4.69) is 20.8 Å². The zero-order valence-corrected chi connectivity index (χ0v) is 10.4. The van der Waals surface area contributed by atoms with Crippen LogP contribution >= 0.6 is 0 Å². The van der Waals surface area contributed by atoms with Crippen LogP contribution in [0.5, 0.6) is 0 Å². The van der Waals surface area contributed by atoms with E-state index in [1.165, 1.54) is 19.3 Å². The van der Waals surface area contributed by atoms with Crippen LogP contribution in [0.1, 0.15) is 51.9 Å². The van der Waals surface area contributed by atoms with Gasteiger partial charge in [-0.3, -0.25) is 0 Å². The minimum Gasteiger partial charge on any atom is -0.467 e. The second-order valence-electron chi connectivity index (χ2n) is 5.84. The van der Waals surface area contributed by atoms with Crippen molar-refractivity contribution < 1.29 is 9.52 Å². The molecule has 0 spiro atoms. The third kappa shape index (κ3) is 2.03. The van der Waals surface area contributed by atoms with Crippen LogP contribution in [0.3, 0.4) is 0 Å². The van der Waals surface area contributed by atoms with E-state index in [9.17, 15) is 5.11 Å². The molecule has 1 aromatic rings. The van der Waals surface area contributed by atoms with E-state index in [0.29, 0.717) is 17.6 Å². The van der Waals surface area contributed by atoms with E-state index < -0.39 is 6.10 Å². The molecule has 1 aliphatic rings. The van der Waals surface area contributed by atoms with Crippen LogP contribution in [0.15, 0.2) is 22.8 Å². The van der Waals surface area contributed by atoms with Crippen molar-refractivity contribution in [2.75, 3.05) is 0 Å². The fraction of sp³-hybridized carbons (Fsp3) is 0.714. The molecule has 3 atom stereocenters. The summed E-state index contributed by atoms with van der Waals surface area (Å²) in [5.41, 5.74) is 0.198. The summed E-state index contributed by atoms with van der Waals surface area (Å²) in [5.74, 6) is 1.57. The second kappa shape index (κ2) is 4.25. The van der Waals surface area contributed by atoms with Gasteiger partial charge in [0.25, 0.3) is 0 Å². The van der Waals surface area contributed by atoms with Crippen molar-refractivity contribution in [3.63, 3.8) is 0 Å². The zero-order valence-electron chi connectivity index (χ0n) is 10.4. The summed E-state index contributed by atoms with van der Waals surface area (Å²) in [6, 6.07) is 3.72. The van der Waals surface area contributed by atoms with Crippen molar-refractivity contribution in [2.24, 2.45) is 17.3 Å². The molecular weight excluding hydrogens is 200 g/mol. The second-order valence-corrected chi connectivity index (χ2v) is 5.84. The SMILES string of the molecule is C[C@H]1CCCC(C)(C)[C@@H]1[C@H](O)c1ccco1. The van der Waals surface area contributed by atoms with E-state index in [1.54, 1.807) is 6.26 Å². The van der Waals surface area contributed by atoms with Gasteiger partial charge >= 0.3 is 0 Å². The highest BCUT2D eigenvalue weighted by atomic mass is 16.4. The molecule has 1 N–H and O–H groups in total. The van der Waals surface area contributed by atoms with Gasteiger partial charge in [-0.15, -0.1) is 0 Å². The Hall–Kier alpha value is -0.760. The lowest BCUT2D eigenvalue weighted by Crippen LogP contribution is -2.37. The molecule has 0 saturated heterocycles. The summed E-state index contributed by atoms with van der Waals surface area (Å²) in [7, 11) is 0. The Labute approximate surface area is 97.7 Å². The Kier molecular flexibility index (Phi) is 3.11. The number of aliphatic hydroxyl groups excluding tert-OH is 1. The third-order valence-corrected chi connectivity index (χ3v) is 4.17. The fourth-order valence-electron chi connectivity index (χ4n) is 3.37. The minimum atomic E-state index is -0.458. The van der Waals surface area contributed by atoms with Gasteiger partial charge in [-0.1, -0.05) is 33.6 Å². The molecule has 2 rings (SSSR count). The molecule has 2 nitrogen and oxygen atoms in total. The molecular formula is C14H22O2. The smallest absolute Gasteiger partial charge is 0.132 e. The van der Waals surface area contributed by atoms with E-state index in [1.807, 2.05) is 12.1 Å². The molecule has 1 fully saturated rings. The van der Waals surface area contributed by atoms with Gasteiger partial charge in [0.05, 0.1) is 6.26 Å². The van der Waals surface area contributed by atoms with Gasteiger partial charge in [0.2, 0.25) is 0 Å². The topological polar surface area (TPSA) is 33.4 Å². The van der Waals surface area contributed by atoms with Crippen LogP contribution in [0, 0.1) is 17.3 Å². The first-order chi connectivity index (χ1) is 7.52.